The summed E-state index contributed by atoms with van der Waals surface area (Å²) in [6, 6.07) is 4.20. The van der Waals surface area contributed by atoms with Crippen molar-refractivity contribution in [2.75, 3.05) is 0 Å². The number of nitrogens with one attached hydrogen (secondary N) is 2. The highest BCUT2D eigenvalue weighted by Gasteiger charge is 2.24. The van der Waals surface area contributed by atoms with Gasteiger partial charge in [0, 0.05) is 6.04 Å². The lowest BCUT2D eigenvalue weighted by molar-refractivity contribution is -0.115. The molecule has 1 amide bonds. The first-order chi connectivity index (χ1) is 14.8. The molecule has 1 aromatic carbocycles. The van der Waals surface area contributed by atoms with Gasteiger partial charge >= 0.3 is 0 Å². The van der Waals surface area contributed by atoms with Crippen LogP contribution in [0.5, 0.6) is 0 Å². The van der Waals surface area contributed by atoms with Crippen molar-refractivity contribution in [3.05, 3.63) is 28.8 Å². The normalized spacial score (nSPS) is 15.7. The third-order valence-electron chi connectivity index (χ3n) is 5.75. The quantitative estimate of drug-likeness (QED) is 0.381. The van der Waals surface area contributed by atoms with Crippen LogP contribution in [-0.4, -0.2) is 26.1 Å². The maximum absolute atomic E-state index is 13.3. The van der Waals surface area contributed by atoms with E-state index in [4.69, 9.17) is 0 Å². The van der Waals surface area contributed by atoms with E-state index in [2.05, 4.69) is 22.2 Å². The highest BCUT2D eigenvalue weighted by atomic mass is 32.2. The third-order valence-corrected chi connectivity index (χ3v) is 7.14. The average molecular weight is 450 g/mol. The van der Waals surface area contributed by atoms with E-state index in [0.29, 0.717) is 17.7 Å². The second-order valence-electron chi connectivity index (χ2n) is 8.59. The van der Waals surface area contributed by atoms with E-state index in [0.717, 1.165) is 62.5 Å². The molecule has 2 rings (SSSR count). The third kappa shape index (κ3) is 7.34. The summed E-state index contributed by atoms with van der Waals surface area (Å²) in [5, 5.41) is 6.94. The number of hydrazone groups is 1. The molecule has 174 valence electrons. The van der Waals surface area contributed by atoms with Crippen LogP contribution in [0.2, 0.25) is 0 Å². The standard InChI is InChI=1S/C24H39N3O3S/c1-5-11-19-16-20(12-6-2)23(21(17-19)13-7-3)31(29,30)27-26-18(4)24(28)25-22-14-9-8-10-15-22/h16-17,22,27H,5-15H2,1-4H3,(H,25,28)/b26-18-. The van der Waals surface area contributed by atoms with Crippen LogP contribution in [0.3, 0.4) is 0 Å². The number of benzene rings is 1. The summed E-state index contributed by atoms with van der Waals surface area (Å²) in [6.07, 6.45) is 10.4. The SMILES string of the molecule is CCCc1cc(CCC)c(S(=O)(=O)N/N=C(/C)C(=O)NC2CCCCC2)c(CCC)c1. The minimum Gasteiger partial charge on any atom is -0.348 e. The van der Waals surface area contributed by atoms with E-state index in [1.165, 1.54) is 12.0 Å². The second kappa shape index (κ2) is 12.2. The summed E-state index contributed by atoms with van der Waals surface area (Å²) in [6.45, 7) is 7.77. The molecule has 1 saturated carbocycles. The van der Waals surface area contributed by atoms with Crippen LogP contribution in [0, 0.1) is 0 Å². The van der Waals surface area contributed by atoms with Crippen molar-refractivity contribution in [2.24, 2.45) is 5.10 Å². The Hall–Kier alpha value is -1.89. The number of aryl methyl sites for hydroxylation is 3. The molecule has 1 aliphatic rings. The van der Waals surface area contributed by atoms with Crippen molar-refractivity contribution >= 4 is 21.6 Å². The number of hydrogen-bond donors (Lipinski definition) is 2. The first-order valence-corrected chi connectivity index (χ1v) is 13.3. The van der Waals surface area contributed by atoms with E-state index in [1.54, 1.807) is 6.92 Å². The number of nitrogens with zero attached hydrogens (tertiary/aromatic N) is 1. The largest absolute Gasteiger partial charge is 0.348 e. The van der Waals surface area contributed by atoms with Crippen molar-refractivity contribution < 1.29 is 13.2 Å². The fourth-order valence-corrected chi connectivity index (χ4v) is 5.64. The molecule has 0 saturated heterocycles. The second-order valence-corrected chi connectivity index (χ2v) is 10.2. The van der Waals surface area contributed by atoms with Gasteiger partial charge in [0.05, 0.1) is 4.90 Å². The van der Waals surface area contributed by atoms with Crippen molar-refractivity contribution in [1.82, 2.24) is 10.1 Å². The number of carbonyl (C=O) groups excluding carboxylic acids is 1. The Balaban J connectivity index is 2.27. The minimum absolute atomic E-state index is 0.130. The van der Waals surface area contributed by atoms with Gasteiger partial charge in [-0.1, -0.05) is 71.4 Å². The zero-order valence-corrected chi connectivity index (χ0v) is 20.4. The highest BCUT2D eigenvalue weighted by Crippen LogP contribution is 2.26. The molecule has 0 spiro atoms. The molecule has 0 unspecified atom stereocenters. The Labute approximate surface area is 188 Å². The van der Waals surface area contributed by atoms with Crippen LogP contribution in [-0.2, 0) is 34.1 Å². The van der Waals surface area contributed by atoms with E-state index >= 15 is 0 Å². The maximum Gasteiger partial charge on any atom is 0.277 e. The molecule has 0 aliphatic heterocycles. The van der Waals surface area contributed by atoms with Crippen LogP contribution in [0.15, 0.2) is 22.1 Å². The van der Waals surface area contributed by atoms with Gasteiger partial charge in [0.15, 0.2) is 0 Å². The van der Waals surface area contributed by atoms with Gasteiger partial charge in [0.1, 0.15) is 5.71 Å². The highest BCUT2D eigenvalue weighted by molar-refractivity contribution is 7.89. The summed E-state index contributed by atoms with van der Waals surface area (Å²) < 4.78 is 26.5. The molecule has 1 aromatic rings. The predicted octanol–water partition coefficient (Wildman–Crippen LogP) is 4.65. The summed E-state index contributed by atoms with van der Waals surface area (Å²) in [4.78, 5) is 15.1. The molecule has 1 aliphatic carbocycles. The monoisotopic (exact) mass is 449 g/mol. The van der Waals surface area contributed by atoms with Crippen LogP contribution in [0.25, 0.3) is 0 Å². The molecule has 2 N–H and O–H groups in total. The molecular formula is C24H39N3O3S. The fourth-order valence-electron chi connectivity index (χ4n) is 4.28. The zero-order valence-electron chi connectivity index (χ0n) is 19.6. The van der Waals surface area contributed by atoms with Gasteiger partial charge < -0.3 is 5.32 Å². The van der Waals surface area contributed by atoms with Crippen LogP contribution in [0.4, 0.5) is 0 Å². The molecule has 7 heteroatoms. The van der Waals surface area contributed by atoms with Crippen molar-refractivity contribution in [1.29, 1.82) is 0 Å². The Morgan fingerprint density at radius 2 is 1.52 bits per heavy atom. The smallest absolute Gasteiger partial charge is 0.277 e. The minimum atomic E-state index is -3.88. The first-order valence-electron chi connectivity index (χ1n) is 11.8. The average Bonchev–Trinajstić information content (AvgIpc) is 2.73. The molecule has 0 heterocycles. The molecule has 6 nitrogen and oxygen atoms in total. The predicted molar refractivity (Wildman–Crippen MR) is 127 cm³/mol. The Bertz CT molecular complexity index is 845. The number of hydrogen-bond acceptors (Lipinski definition) is 4. The van der Waals surface area contributed by atoms with Gasteiger partial charge in [-0.2, -0.15) is 18.4 Å². The molecule has 0 atom stereocenters. The van der Waals surface area contributed by atoms with Crippen molar-refractivity contribution in [3.63, 3.8) is 0 Å². The van der Waals surface area contributed by atoms with E-state index in [9.17, 15) is 13.2 Å². The summed E-state index contributed by atoms with van der Waals surface area (Å²) in [5.74, 6) is -0.310. The Kier molecular flexibility index (Phi) is 10.0. The molecule has 0 bridgehead atoms. The van der Waals surface area contributed by atoms with Gasteiger partial charge in [0.2, 0.25) is 0 Å². The summed E-state index contributed by atoms with van der Waals surface area (Å²) in [7, 11) is -3.88. The lowest BCUT2D eigenvalue weighted by atomic mass is 9.95. The molecule has 0 radical (unpaired) electrons. The Morgan fingerprint density at radius 3 is 2.03 bits per heavy atom. The molecule has 0 aromatic heterocycles. The molecule has 31 heavy (non-hydrogen) atoms. The van der Waals surface area contributed by atoms with Crippen LogP contribution in [0.1, 0.15) is 95.8 Å². The number of amides is 1. The van der Waals surface area contributed by atoms with Crippen LogP contribution < -0.4 is 10.1 Å². The maximum atomic E-state index is 13.3. The van der Waals surface area contributed by atoms with Crippen LogP contribution >= 0.6 is 0 Å². The van der Waals surface area contributed by atoms with Gasteiger partial charge in [-0.25, -0.2) is 0 Å². The van der Waals surface area contributed by atoms with Crippen molar-refractivity contribution in [2.45, 2.75) is 109 Å². The summed E-state index contributed by atoms with van der Waals surface area (Å²) >= 11 is 0. The van der Waals surface area contributed by atoms with Gasteiger partial charge in [-0.05, 0) is 55.7 Å². The number of sulfonamides is 1. The zero-order chi connectivity index (χ0) is 22.9. The van der Waals surface area contributed by atoms with Gasteiger partial charge in [-0.15, -0.1) is 0 Å². The van der Waals surface area contributed by atoms with E-state index in [1.807, 2.05) is 26.0 Å². The number of rotatable bonds is 11. The Morgan fingerprint density at radius 1 is 0.968 bits per heavy atom. The lowest BCUT2D eigenvalue weighted by Gasteiger charge is -2.22. The summed E-state index contributed by atoms with van der Waals surface area (Å²) in [5.41, 5.74) is 2.98. The first kappa shape index (κ1) is 25.4. The lowest BCUT2D eigenvalue weighted by Crippen LogP contribution is -2.40. The fraction of sp³-hybridized carbons (Fsp3) is 0.667. The number of carbonyl (C=O) groups is 1. The molecular weight excluding hydrogens is 410 g/mol. The van der Waals surface area contributed by atoms with Gasteiger partial charge in [-0.3, -0.25) is 4.79 Å². The van der Waals surface area contributed by atoms with E-state index in [-0.39, 0.29) is 17.7 Å². The van der Waals surface area contributed by atoms with Crippen molar-refractivity contribution in [3.8, 4) is 0 Å². The van der Waals surface area contributed by atoms with E-state index < -0.39 is 10.0 Å². The topological polar surface area (TPSA) is 87.6 Å². The molecule has 1 fully saturated rings. The van der Waals surface area contributed by atoms with Gasteiger partial charge in [0.25, 0.3) is 15.9 Å².